The Morgan fingerprint density at radius 1 is 1.14 bits per heavy atom. The van der Waals surface area contributed by atoms with Gasteiger partial charge in [-0.25, -0.2) is 9.00 Å². The number of hydrogen-bond acceptors (Lipinski definition) is 7. The van der Waals surface area contributed by atoms with Gasteiger partial charge in [0.15, 0.2) is 0 Å². The molecule has 9 atom stereocenters. The molecule has 3 fully saturated rings. The average Bonchev–Trinajstić information content (AvgIpc) is 3.49. The number of anilines is 1. The van der Waals surface area contributed by atoms with Gasteiger partial charge in [0.05, 0.1) is 37.4 Å². The average molecular weight is 707 g/mol. The van der Waals surface area contributed by atoms with Crippen LogP contribution < -0.4 is 19.7 Å². The van der Waals surface area contributed by atoms with E-state index in [9.17, 15) is 13.8 Å². The molecular weight excluding hydrogens is 664 g/mol. The first-order valence-electron chi connectivity index (χ1n) is 17.7. The van der Waals surface area contributed by atoms with E-state index in [1.54, 1.807) is 13.2 Å². The fourth-order valence-electron chi connectivity index (χ4n) is 9.58. The molecule has 2 N–H and O–H groups in total. The van der Waals surface area contributed by atoms with Crippen LogP contribution in [0.2, 0.25) is 5.02 Å². The van der Waals surface area contributed by atoms with Gasteiger partial charge in [0.2, 0.25) is 0 Å². The Labute approximate surface area is 292 Å². The summed E-state index contributed by atoms with van der Waals surface area (Å²) in [4.78, 5) is 29.6. The van der Waals surface area contributed by atoms with E-state index in [0.717, 1.165) is 67.2 Å². The smallest absolute Gasteiger partial charge is 0.327 e. The largest absolute Gasteiger partial charge is 0.490 e. The molecule has 4 aliphatic carbocycles. The Kier molecular flexibility index (Phi) is 7.79. The van der Waals surface area contributed by atoms with E-state index in [2.05, 4.69) is 37.5 Å². The minimum absolute atomic E-state index is 0.00878. The molecule has 0 aromatic heterocycles. The van der Waals surface area contributed by atoms with Gasteiger partial charge in [0.1, 0.15) is 15.7 Å². The van der Waals surface area contributed by atoms with Crippen molar-refractivity contribution in [1.29, 1.82) is 0 Å². The standard InChI is InChI=1S/C37H43ClN4O6S/c1-46-34-26-8-4-23(26)15-42-19-37(12-2-3-21-13-25(38)7-10-30(21)37)20-48-32-11-6-22(14-31(32)42)35(43)40-49(45,18-24-5-9-27(24)34)41-36(44)39-33-28-16-47-17-29(28)33/h6-7,9-11,13-14,23-24,26,28-29,33-34H,2-5,8,12,15-20H2,1H3,(H2,39,40,41,43,44,45)/t23-,24+,26+,28-,29+,33?,34+,37-,49?/m0/s1. The number of urea groups is 1. The first-order chi connectivity index (χ1) is 23.7. The van der Waals surface area contributed by atoms with Crippen LogP contribution in [0, 0.1) is 29.6 Å². The maximum absolute atomic E-state index is 14.6. The number of benzene rings is 2. The zero-order valence-electron chi connectivity index (χ0n) is 27.7. The molecule has 10 nitrogen and oxygen atoms in total. The minimum atomic E-state index is -3.49. The van der Waals surface area contributed by atoms with Gasteiger partial charge in [0.25, 0.3) is 5.91 Å². The Morgan fingerprint density at radius 2 is 2.00 bits per heavy atom. The van der Waals surface area contributed by atoms with Crippen molar-refractivity contribution in [2.45, 2.75) is 56.1 Å². The van der Waals surface area contributed by atoms with E-state index < -0.39 is 21.9 Å². The number of halogens is 1. The number of ether oxygens (including phenoxy) is 3. The topological polar surface area (TPSA) is 119 Å². The lowest BCUT2D eigenvalue weighted by Gasteiger charge is -2.48. The monoisotopic (exact) mass is 706 g/mol. The van der Waals surface area contributed by atoms with Gasteiger partial charge in [-0.2, -0.15) is 0 Å². The number of rotatable bonds is 3. The van der Waals surface area contributed by atoms with Crippen molar-refractivity contribution in [2.24, 2.45) is 34.0 Å². The Morgan fingerprint density at radius 3 is 2.76 bits per heavy atom. The molecule has 2 unspecified atom stereocenters. The highest BCUT2D eigenvalue weighted by Gasteiger charge is 2.55. The summed E-state index contributed by atoms with van der Waals surface area (Å²) in [5.41, 5.74) is 4.60. The summed E-state index contributed by atoms with van der Waals surface area (Å²) in [5.74, 6) is 1.29. The summed E-state index contributed by atoms with van der Waals surface area (Å²) >= 11 is 6.45. The number of fused-ring (bicyclic) bond motifs is 6. The van der Waals surface area contributed by atoms with Gasteiger partial charge in [-0.1, -0.05) is 23.7 Å². The highest BCUT2D eigenvalue weighted by Crippen LogP contribution is 2.49. The summed E-state index contributed by atoms with van der Waals surface area (Å²) in [6.45, 7) is 3.30. The maximum Gasteiger partial charge on any atom is 0.327 e. The van der Waals surface area contributed by atoms with Crippen LogP contribution in [0.1, 0.15) is 53.6 Å². The molecule has 2 aromatic carbocycles. The van der Waals surface area contributed by atoms with Crippen LogP contribution in [0.4, 0.5) is 10.5 Å². The molecule has 49 heavy (non-hydrogen) atoms. The molecule has 12 heteroatoms. The summed E-state index contributed by atoms with van der Waals surface area (Å²) in [6.07, 6.45) is 7.89. The molecule has 3 aliphatic heterocycles. The lowest BCUT2D eigenvalue weighted by molar-refractivity contribution is -0.00148. The number of aryl methyl sites for hydroxylation is 1. The normalized spacial score (nSPS) is 37.2. The first-order valence-corrected chi connectivity index (χ1v) is 19.8. The van der Waals surface area contributed by atoms with Crippen LogP contribution in [0.15, 0.2) is 52.4 Å². The Hall–Kier alpha value is -3.12. The summed E-state index contributed by atoms with van der Waals surface area (Å²) in [6, 6.07) is 11.1. The molecule has 2 aromatic rings. The maximum atomic E-state index is 14.6. The molecule has 2 saturated carbocycles. The Balaban J connectivity index is 1.10. The van der Waals surface area contributed by atoms with Gasteiger partial charge in [-0.05, 0) is 103 Å². The predicted molar refractivity (Wildman–Crippen MR) is 186 cm³/mol. The molecule has 9 rings (SSSR count). The third-order valence-corrected chi connectivity index (χ3v) is 14.5. The predicted octanol–water partition coefficient (Wildman–Crippen LogP) is 5.28. The Bertz CT molecular complexity index is 1870. The van der Waals surface area contributed by atoms with Crippen LogP contribution >= 0.6 is 11.6 Å². The van der Waals surface area contributed by atoms with Crippen molar-refractivity contribution in [3.8, 4) is 5.75 Å². The van der Waals surface area contributed by atoms with Crippen molar-refractivity contribution < 1.29 is 28.0 Å². The second-order valence-corrected chi connectivity index (χ2v) is 17.7. The van der Waals surface area contributed by atoms with E-state index in [-0.39, 0.29) is 41.1 Å². The first kappa shape index (κ1) is 31.8. The summed E-state index contributed by atoms with van der Waals surface area (Å²) < 4.78 is 39.9. The molecule has 3 heterocycles. The van der Waals surface area contributed by atoms with Crippen LogP contribution in [-0.2, 0) is 31.2 Å². The highest BCUT2D eigenvalue weighted by molar-refractivity contribution is 7.92. The van der Waals surface area contributed by atoms with Gasteiger partial charge in [0, 0.05) is 54.1 Å². The quantitative estimate of drug-likeness (QED) is 0.417. The summed E-state index contributed by atoms with van der Waals surface area (Å²) in [7, 11) is -1.73. The lowest BCUT2D eigenvalue weighted by Crippen LogP contribution is -2.51. The number of carbonyl (C=O) groups is 2. The van der Waals surface area contributed by atoms with Crippen LogP contribution in [-0.4, -0.2) is 74.1 Å². The fourth-order valence-corrected chi connectivity index (χ4v) is 11.6. The molecular formula is C37H43ClN4O6S. The van der Waals surface area contributed by atoms with Crippen molar-refractivity contribution >= 4 is 39.1 Å². The van der Waals surface area contributed by atoms with E-state index in [4.69, 9.17) is 25.8 Å². The van der Waals surface area contributed by atoms with Crippen molar-refractivity contribution in [3.63, 3.8) is 0 Å². The van der Waals surface area contributed by atoms with E-state index in [1.807, 2.05) is 18.2 Å². The fraction of sp³-hybridized carbons (Fsp3) is 0.568. The number of hydrogen-bond donors (Lipinski definition) is 2. The highest BCUT2D eigenvalue weighted by atomic mass is 35.5. The van der Waals surface area contributed by atoms with Crippen molar-refractivity contribution in [3.05, 3.63) is 69.8 Å². The number of nitrogens with one attached hydrogen (secondary N) is 2. The minimum Gasteiger partial charge on any atom is -0.490 e. The summed E-state index contributed by atoms with van der Waals surface area (Å²) in [5, 5.41) is 3.71. The van der Waals surface area contributed by atoms with Crippen LogP contribution in [0.25, 0.3) is 0 Å². The molecule has 2 bridgehead atoms. The number of carbonyl (C=O) groups excluding carboxylic acids is 2. The molecule has 7 aliphatic rings. The van der Waals surface area contributed by atoms with Gasteiger partial charge in [-0.3, -0.25) is 9.52 Å². The SMILES string of the molecule is CO[C@H]1C2=CC[C@@H]2CS(=O)(NC(=O)NC2[C@H]3COC[C@@H]23)=NC(=O)c2ccc3c(c2)N(C[C@@H]2CC[C@H]21)C[C@@]1(CCCc2cc(Cl)ccc21)CO3. The van der Waals surface area contributed by atoms with Crippen molar-refractivity contribution in [2.75, 3.05) is 50.7 Å². The molecule has 260 valence electrons. The molecule has 1 spiro atoms. The number of nitrogens with zero attached hydrogens (tertiary/aromatic N) is 2. The number of amides is 3. The van der Waals surface area contributed by atoms with Gasteiger partial charge in [-0.15, -0.1) is 4.36 Å². The van der Waals surface area contributed by atoms with Crippen molar-refractivity contribution in [1.82, 2.24) is 10.0 Å². The van der Waals surface area contributed by atoms with Gasteiger partial charge >= 0.3 is 6.03 Å². The van der Waals surface area contributed by atoms with Crippen LogP contribution in [0.3, 0.4) is 0 Å². The lowest BCUT2D eigenvalue weighted by atomic mass is 9.65. The van der Waals surface area contributed by atoms with Gasteiger partial charge < -0.3 is 24.4 Å². The molecule has 0 radical (unpaired) electrons. The second kappa shape index (κ2) is 12.0. The van der Waals surface area contributed by atoms with E-state index in [1.165, 1.54) is 11.1 Å². The second-order valence-electron chi connectivity index (χ2n) is 15.3. The zero-order chi connectivity index (χ0) is 33.5. The number of methoxy groups -OCH3 is 1. The van der Waals surface area contributed by atoms with E-state index >= 15 is 0 Å². The third kappa shape index (κ3) is 5.56. The van der Waals surface area contributed by atoms with Crippen LogP contribution in [0.5, 0.6) is 5.75 Å². The molecule has 1 saturated heterocycles. The molecule has 3 amide bonds. The third-order valence-electron chi connectivity index (χ3n) is 12.5. The van der Waals surface area contributed by atoms with E-state index in [0.29, 0.717) is 43.6 Å². The number of allylic oxidation sites excluding steroid dienone is 1. The zero-order valence-corrected chi connectivity index (χ0v) is 29.3.